The molecule has 0 aliphatic rings. The van der Waals surface area contributed by atoms with Gasteiger partial charge in [0.2, 0.25) is 0 Å². The summed E-state index contributed by atoms with van der Waals surface area (Å²) in [7, 11) is 1.56. The summed E-state index contributed by atoms with van der Waals surface area (Å²) in [6.07, 6.45) is 0. The molecular formula is C9H8FNOS. The van der Waals surface area contributed by atoms with Gasteiger partial charge in [0.15, 0.2) is 10.9 Å². The van der Waals surface area contributed by atoms with Crippen molar-refractivity contribution < 1.29 is 9.13 Å². The van der Waals surface area contributed by atoms with Crippen LogP contribution >= 0.6 is 11.3 Å². The molecule has 0 amide bonds. The van der Waals surface area contributed by atoms with E-state index >= 15 is 0 Å². The molecule has 0 atom stereocenters. The fourth-order valence-electron chi connectivity index (χ4n) is 1.16. The van der Waals surface area contributed by atoms with Crippen LogP contribution in [0, 0.1) is 5.82 Å². The van der Waals surface area contributed by atoms with Crippen LogP contribution < -0.4 is 10.5 Å². The second kappa shape index (κ2) is 2.88. The van der Waals surface area contributed by atoms with Crippen molar-refractivity contribution in [3.8, 4) is 5.06 Å². The molecule has 0 saturated heterocycles. The third-order valence-electron chi connectivity index (χ3n) is 1.83. The smallest absolute Gasteiger partial charge is 0.174 e. The van der Waals surface area contributed by atoms with Crippen LogP contribution in [-0.2, 0) is 0 Å². The number of rotatable bonds is 1. The molecule has 1 aromatic carbocycles. The molecule has 0 radical (unpaired) electrons. The number of nitrogen functional groups attached to an aromatic ring is 1. The maximum atomic E-state index is 13.4. The van der Waals surface area contributed by atoms with Crippen LogP contribution in [0.25, 0.3) is 10.1 Å². The molecule has 2 rings (SSSR count). The Kier molecular flexibility index (Phi) is 1.84. The zero-order valence-electron chi connectivity index (χ0n) is 7.00. The Labute approximate surface area is 78.7 Å². The van der Waals surface area contributed by atoms with Gasteiger partial charge in [0.05, 0.1) is 17.5 Å². The third-order valence-corrected chi connectivity index (χ3v) is 2.94. The number of fused-ring (bicyclic) bond motifs is 1. The van der Waals surface area contributed by atoms with Crippen LogP contribution in [0.2, 0.25) is 0 Å². The monoisotopic (exact) mass is 197 g/mol. The third kappa shape index (κ3) is 1.23. The van der Waals surface area contributed by atoms with E-state index < -0.39 is 0 Å². The average molecular weight is 197 g/mol. The number of hydrogen-bond acceptors (Lipinski definition) is 3. The van der Waals surface area contributed by atoms with Gasteiger partial charge in [-0.15, -0.1) is 0 Å². The van der Waals surface area contributed by atoms with Crippen molar-refractivity contribution in [2.45, 2.75) is 0 Å². The lowest BCUT2D eigenvalue weighted by molar-refractivity contribution is 0.427. The zero-order valence-corrected chi connectivity index (χ0v) is 7.82. The second-order valence-corrected chi connectivity index (χ2v) is 3.67. The second-order valence-electron chi connectivity index (χ2n) is 2.66. The molecule has 4 heteroatoms. The highest BCUT2D eigenvalue weighted by molar-refractivity contribution is 7.20. The molecule has 0 fully saturated rings. The lowest BCUT2D eigenvalue weighted by Gasteiger charge is -1.95. The Morgan fingerprint density at radius 2 is 2.23 bits per heavy atom. The SMILES string of the molecule is COc1cc2ccc(N)c(F)c2s1. The Morgan fingerprint density at radius 3 is 2.92 bits per heavy atom. The summed E-state index contributed by atoms with van der Waals surface area (Å²) in [6, 6.07) is 5.14. The number of methoxy groups -OCH3 is 1. The van der Waals surface area contributed by atoms with Gasteiger partial charge in [-0.2, -0.15) is 0 Å². The van der Waals surface area contributed by atoms with Crippen LogP contribution in [0.4, 0.5) is 10.1 Å². The molecule has 2 nitrogen and oxygen atoms in total. The van der Waals surface area contributed by atoms with Crippen molar-refractivity contribution in [1.82, 2.24) is 0 Å². The number of nitrogens with two attached hydrogens (primary N) is 1. The zero-order chi connectivity index (χ0) is 9.42. The number of benzene rings is 1. The van der Waals surface area contributed by atoms with E-state index in [1.165, 1.54) is 11.3 Å². The molecule has 0 unspecified atom stereocenters. The quantitative estimate of drug-likeness (QED) is 0.713. The van der Waals surface area contributed by atoms with E-state index in [4.69, 9.17) is 10.5 Å². The Morgan fingerprint density at radius 1 is 1.46 bits per heavy atom. The van der Waals surface area contributed by atoms with Crippen LogP contribution in [0.15, 0.2) is 18.2 Å². The molecule has 13 heavy (non-hydrogen) atoms. The first-order valence-corrected chi connectivity index (χ1v) is 4.55. The van der Waals surface area contributed by atoms with E-state index in [-0.39, 0.29) is 11.5 Å². The van der Waals surface area contributed by atoms with E-state index in [0.29, 0.717) is 9.76 Å². The summed E-state index contributed by atoms with van der Waals surface area (Å²) in [5.41, 5.74) is 5.61. The molecule has 1 heterocycles. The van der Waals surface area contributed by atoms with Crippen molar-refractivity contribution in [2.24, 2.45) is 0 Å². The number of ether oxygens (including phenoxy) is 1. The molecule has 0 aliphatic carbocycles. The summed E-state index contributed by atoms with van der Waals surface area (Å²) in [5, 5.41) is 1.52. The summed E-state index contributed by atoms with van der Waals surface area (Å²) >= 11 is 1.26. The van der Waals surface area contributed by atoms with E-state index in [1.54, 1.807) is 25.3 Å². The normalized spacial score (nSPS) is 10.6. The van der Waals surface area contributed by atoms with Gasteiger partial charge in [0, 0.05) is 0 Å². The predicted molar refractivity (Wildman–Crippen MR) is 52.7 cm³/mol. The van der Waals surface area contributed by atoms with Crippen molar-refractivity contribution in [1.29, 1.82) is 0 Å². The Bertz CT molecular complexity index is 452. The summed E-state index contributed by atoms with van der Waals surface area (Å²) < 4.78 is 18.9. The minimum absolute atomic E-state index is 0.178. The minimum atomic E-state index is -0.356. The van der Waals surface area contributed by atoms with Gasteiger partial charge in [-0.1, -0.05) is 17.4 Å². The maximum Gasteiger partial charge on any atom is 0.174 e. The molecule has 2 N–H and O–H groups in total. The predicted octanol–water partition coefficient (Wildman–Crippen LogP) is 2.63. The lowest BCUT2D eigenvalue weighted by atomic mass is 10.2. The van der Waals surface area contributed by atoms with Crippen LogP contribution in [0.5, 0.6) is 5.06 Å². The first-order valence-electron chi connectivity index (χ1n) is 3.74. The van der Waals surface area contributed by atoms with Crippen molar-refractivity contribution in [2.75, 3.05) is 12.8 Å². The number of hydrogen-bond donors (Lipinski definition) is 1. The first kappa shape index (κ1) is 8.31. The highest BCUT2D eigenvalue weighted by Gasteiger charge is 2.08. The topological polar surface area (TPSA) is 35.2 Å². The molecule has 0 bridgehead atoms. The van der Waals surface area contributed by atoms with Crippen molar-refractivity contribution in [3.05, 3.63) is 24.0 Å². The largest absolute Gasteiger partial charge is 0.487 e. The number of halogens is 1. The van der Waals surface area contributed by atoms with Crippen LogP contribution in [0.3, 0.4) is 0 Å². The minimum Gasteiger partial charge on any atom is -0.487 e. The fraction of sp³-hybridized carbons (Fsp3) is 0.111. The Balaban J connectivity index is 2.76. The van der Waals surface area contributed by atoms with Gasteiger partial charge in [0.25, 0.3) is 0 Å². The van der Waals surface area contributed by atoms with Gasteiger partial charge in [0.1, 0.15) is 0 Å². The highest BCUT2D eigenvalue weighted by Crippen LogP contribution is 2.34. The van der Waals surface area contributed by atoms with E-state index in [9.17, 15) is 4.39 Å². The van der Waals surface area contributed by atoms with Gasteiger partial charge in [-0.05, 0) is 17.5 Å². The summed E-state index contributed by atoms with van der Waals surface area (Å²) in [5.74, 6) is -0.356. The molecule has 1 aromatic heterocycles. The van der Waals surface area contributed by atoms with Crippen LogP contribution in [0.1, 0.15) is 0 Å². The van der Waals surface area contributed by atoms with Gasteiger partial charge < -0.3 is 10.5 Å². The molecule has 68 valence electrons. The summed E-state index contributed by atoms with van der Waals surface area (Å²) in [6.45, 7) is 0. The van der Waals surface area contributed by atoms with Gasteiger partial charge >= 0.3 is 0 Å². The molecule has 0 aliphatic heterocycles. The standard InChI is InChI=1S/C9H8FNOS/c1-12-7-4-5-2-3-6(11)8(10)9(5)13-7/h2-4H,11H2,1H3. The lowest BCUT2D eigenvalue weighted by Crippen LogP contribution is -1.88. The van der Waals surface area contributed by atoms with Crippen LogP contribution in [-0.4, -0.2) is 7.11 Å². The van der Waals surface area contributed by atoms with Crippen molar-refractivity contribution >= 4 is 27.1 Å². The van der Waals surface area contributed by atoms with Gasteiger partial charge in [-0.3, -0.25) is 0 Å². The first-order chi connectivity index (χ1) is 6.22. The molecule has 0 saturated carbocycles. The van der Waals surface area contributed by atoms with Gasteiger partial charge in [-0.25, -0.2) is 4.39 Å². The van der Waals surface area contributed by atoms with Crippen molar-refractivity contribution in [3.63, 3.8) is 0 Å². The number of anilines is 1. The average Bonchev–Trinajstić information content (AvgIpc) is 2.55. The van der Waals surface area contributed by atoms with E-state index in [0.717, 1.165) is 5.39 Å². The summed E-state index contributed by atoms with van der Waals surface area (Å²) in [4.78, 5) is 0. The molecule has 2 aromatic rings. The fourth-order valence-corrected chi connectivity index (χ4v) is 2.08. The number of thiophene rings is 1. The van der Waals surface area contributed by atoms with E-state index in [2.05, 4.69) is 0 Å². The van der Waals surface area contributed by atoms with E-state index in [1.807, 2.05) is 0 Å². The molecular weight excluding hydrogens is 189 g/mol. The molecule has 0 spiro atoms. The maximum absolute atomic E-state index is 13.4. The highest BCUT2D eigenvalue weighted by atomic mass is 32.1. The Hall–Kier alpha value is -1.29.